The number of benzene rings is 1. The molecule has 1 aliphatic heterocycles. The third kappa shape index (κ3) is 3.52. The molecule has 0 spiro atoms. The lowest BCUT2D eigenvalue weighted by Crippen LogP contribution is -2.33. The Hall–Kier alpha value is -0.470. The van der Waals surface area contributed by atoms with E-state index in [0.717, 1.165) is 12.3 Å². The van der Waals surface area contributed by atoms with Crippen molar-refractivity contribution >= 4 is 11.8 Å². The predicted octanol–water partition coefficient (Wildman–Crippen LogP) is 4.20. The maximum Gasteiger partial charge on any atom is 0.0104 e. The first-order valence-electron chi connectivity index (χ1n) is 6.99. The zero-order chi connectivity index (χ0) is 12.8. The SMILES string of the molecule is [CH2]CCCN1CCC(c2ccccc2SC)CC1. The van der Waals surface area contributed by atoms with Crippen LogP contribution in [0.3, 0.4) is 0 Å². The topological polar surface area (TPSA) is 3.24 Å². The van der Waals surface area contributed by atoms with E-state index in [1.54, 1.807) is 5.56 Å². The molecular weight excluding hydrogens is 238 g/mol. The van der Waals surface area contributed by atoms with Gasteiger partial charge in [0.05, 0.1) is 0 Å². The van der Waals surface area contributed by atoms with Crippen LogP contribution in [0.15, 0.2) is 29.2 Å². The van der Waals surface area contributed by atoms with Crippen molar-refractivity contribution in [3.05, 3.63) is 36.8 Å². The molecule has 0 saturated carbocycles. The molecule has 1 aliphatic rings. The van der Waals surface area contributed by atoms with E-state index in [0.29, 0.717) is 0 Å². The molecule has 0 bridgehead atoms. The zero-order valence-electron chi connectivity index (χ0n) is 11.4. The Morgan fingerprint density at radius 1 is 1.28 bits per heavy atom. The van der Waals surface area contributed by atoms with E-state index < -0.39 is 0 Å². The molecule has 0 aromatic heterocycles. The van der Waals surface area contributed by atoms with E-state index in [-0.39, 0.29) is 0 Å². The Morgan fingerprint density at radius 2 is 2.00 bits per heavy atom. The molecule has 2 rings (SSSR count). The number of hydrogen-bond donors (Lipinski definition) is 0. The smallest absolute Gasteiger partial charge is 0.0104 e. The van der Waals surface area contributed by atoms with Gasteiger partial charge in [-0.05, 0) is 62.7 Å². The first-order valence-corrected chi connectivity index (χ1v) is 8.22. The fourth-order valence-corrected chi connectivity index (χ4v) is 3.49. The summed E-state index contributed by atoms with van der Waals surface area (Å²) in [5.74, 6) is 0.768. The molecule has 1 fully saturated rings. The second kappa shape index (κ2) is 7.20. The molecule has 18 heavy (non-hydrogen) atoms. The average Bonchev–Trinajstić information content (AvgIpc) is 2.45. The minimum absolute atomic E-state index is 0.768. The van der Waals surface area contributed by atoms with Gasteiger partial charge >= 0.3 is 0 Å². The Bertz CT molecular complexity index is 356. The Balaban J connectivity index is 1.92. The van der Waals surface area contributed by atoms with Gasteiger partial charge in [-0.15, -0.1) is 11.8 Å². The van der Waals surface area contributed by atoms with Gasteiger partial charge in [-0.25, -0.2) is 0 Å². The lowest BCUT2D eigenvalue weighted by Gasteiger charge is -2.32. The first kappa shape index (κ1) is 14.0. The van der Waals surface area contributed by atoms with Crippen LogP contribution in [0.25, 0.3) is 0 Å². The zero-order valence-corrected chi connectivity index (χ0v) is 12.2. The molecule has 1 aromatic carbocycles. The summed E-state index contributed by atoms with van der Waals surface area (Å²) in [6, 6.07) is 8.92. The molecule has 0 atom stereocenters. The number of piperidine rings is 1. The number of unbranched alkanes of at least 4 members (excludes halogenated alkanes) is 1. The summed E-state index contributed by atoms with van der Waals surface area (Å²) in [4.78, 5) is 4.07. The van der Waals surface area contributed by atoms with Crippen molar-refractivity contribution in [2.75, 3.05) is 25.9 Å². The Kier molecular flexibility index (Phi) is 5.58. The highest BCUT2D eigenvalue weighted by Crippen LogP contribution is 2.33. The van der Waals surface area contributed by atoms with Gasteiger partial charge in [0.1, 0.15) is 0 Å². The molecule has 99 valence electrons. The van der Waals surface area contributed by atoms with E-state index in [1.807, 2.05) is 11.8 Å². The van der Waals surface area contributed by atoms with Gasteiger partial charge in [-0.3, -0.25) is 0 Å². The lowest BCUT2D eigenvalue weighted by molar-refractivity contribution is 0.210. The van der Waals surface area contributed by atoms with Crippen molar-refractivity contribution in [2.24, 2.45) is 0 Å². The normalized spacial score (nSPS) is 18.1. The third-order valence-electron chi connectivity index (χ3n) is 3.89. The molecular formula is C16H24NS. The van der Waals surface area contributed by atoms with Crippen molar-refractivity contribution in [2.45, 2.75) is 36.5 Å². The standard InChI is InChI=1S/C16H24NS/c1-3-4-11-17-12-9-14(10-13-17)15-7-5-6-8-16(15)18-2/h5-8,14H,1,3-4,9-13H2,2H3. The second-order valence-electron chi connectivity index (χ2n) is 5.06. The van der Waals surface area contributed by atoms with Crippen molar-refractivity contribution in [1.82, 2.24) is 4.90 Å². The van der Waals surface area contributed by atoms with Crippen molar-refractivity contribution in [3.63, 3.8) is 0 Å². The van der Waals surface area contributed by atoms with E-state index >= 15 is 0 Å². The van der Waals surface area contributed by atoms with Crippen LogP contribution < -0.4 is 0 Å². The summed E-state index contributed by atoms with van der Waals surface area (Å²) < 4.78 is 0. The van der Waals surface area contributed by atoms with Crippen molar-refractivity contribution in [1.29, 1.82) is 0 Å². The Labute approximate surface area is 116 Å². The van der Waals surface area contributed by atoms with Crippen LogP contribution in [-0.2, 0) is 0 Å². The molecule has 0 amide bonds. The second-order valence-corrected chi connectivity index (χ2v) is 5.91. The highest BCUT2D eigenvalue weighted by Gasteiger charge is 2.21. The number of hydrogen-bond acceptors (Lipinski definition) is 2. The minimum atomic E-state index is 0.768. The molecule has 1 nitrogen and oxygen atoms in total. The van der Waals surface area contributed by atoms with E-state index in [2.05, 4.69) is 42.3 Å². The number of nitrogens with zero attached hydrogens (tertiary/aromatic N) is 1. The molecule has 1 heterocycles. The van der Waals surface area contributed by atoms with Gasteiger partial charge in [0.2, 0.25) is 0 Å². The van der Waals surface area contributed by atoms with E-state index in [1.165, 1.54) is 43.8 Å². The molecule has 0 unspecified atom stereocenters. The predicted molar refractivity (Wildman–Crippen MR) is 81.2 cm³/mol. The molecule has 1 radical (unpaired) electrons. The summed E-state index contributed by atoms with van der Waals surface area (Å²) in [7, 11) is 0. The summed E-state index contributed by atoms with van der Waals surface area (Å²) in [5.41, 5.74) is 1.57. The maximum absolute atomic E-state index is 3.93. The average molecular weight is 262 g/mol. The van der Waals surface area contributed by atoms with Crippen LogP contribution in [0.1, 0.15) is 37.2 Å². The van der Waals surface area contributed by atoms with E-state index in [4.69, 9.17) is 0 Å². The van der Waals surface area contributed by atoms with E-state index in [9.17, 15) is 0 Å². The first-order chi connectivity index (χ1) is 8.85. The number of thioether (sulfide) groups is 1. The molecule has 0 N–H and O–H groups in total. The van der Waals surface area contributed by atoms with Gasteiger partial charge in [-0.2, -0.15) is 0 Å². The Morgan fingerprint density at radius 3 is 2.67 bits per heavy atom. The summed E-state index contributed by atoms with van der Waals surface area (Å²) in [5, 5.41) is 0. The van der Waals surface area contributed by atoms with Crippen LogP contribution in [0.4, 0.5) is 0 Å². The van der Waals surface area contributed by atoms with Crippen molar-refractivity contribution < 1.29 is 0 Å². The fourth-order valence-electron chi connectivity index (χ4n) is 2.81. The monoisotopic (exact) mass is 262 g/mol. The van der Waals surface area contributed by atoms with Gasteiger partial charge in [0.15, 0.2) is 0 Å². The van der Waals surface area contributed by atoms with Crippen LogP contribution in [-0.4, -0.2) is 30.8 Å². The van der Waals surface area contributed by atoms with Crippen molar-refractivity contribution in [3.8, 4) is 0 Å². The summed E-state index contributed by atoms with van der Waals surface area (Å²) >= 11 is 1.88. The fraction of sp³-hybridized carbons (Fsp3) is 0.562. The number of rotatable bonds is 5. The summed E-state index contributed by atoms with van der Waals surface area (Å²) in [6.07, 6.45) is 7.12. The molecule has 1 saturated heterocycles. The van der Waals surface area contributed by atoms with Gasteiger partial charge in [0, 0.05) is 4.90 Å². The van der Waals surface area contributed by atoms with Crippen LogP contribution in [0, 0.1) is 6.92 Å². The minimum Gasteiger partial charge on any atom is -0.303 e. The van der Waals surface area contributed by atoms with Crippen LogP contribution in [0.2, 0.25) is 0 Å². The molecule has 1 aromatic rings. The summed E-state index contributed by atoms with van der Waals surface area (Å²) in [6.45, 7) is 7.68. The van der Waals surface area contributed by atoms with Gasteiger partial charge in [0.25, 0.3) is 0 Å². The molecule has 2 heteroatoms. The van der Waals surface area contributed by atoms with Crippen LogP contribution >= 0.6 is 11.8 Å². The van der Waals surface area contributed by atoms with Gasteiger partial charge in [-0.1, -0.05) is 31.5 Å². The van der Waals surface area contributed by atoms with Gasteiger partial charge < -0.3 is 4.90 Å². The third-order valence-corrected chi connectivity index (χ3v) is 4.70. The lowest BCUT2D eigenvalue weighted by atomic mass is 9.89. The maximum atomic E-state index is 3.93. The van der Waals surface area contributed by atoms with Crippen LogP contribution in [0.5, 0.6) is 0 Å². The largest absolute Gasteiger partial charge is 0.303 e. The highest BCUT2D eigenvalue weighted by atomic mass is 32.2. The highest BCUT2D eigenvalue weighted by molar-refractivity contribution is 7.98. The quantitative estimate of drug-likeness (QED) is 0.732. The number of likely N-dealkylation sites (tertiary alicyclic amines) is 1. The molecule has 0 aliphatic carbocycles.